The van der Waals surface area contributed by atoms with E-state index < -0.39 is 6.10 Å². The van der Waals surface area contributed by atoms with Crippen LogP contribution in [0.2, 0.25) is 0 Å². The van der Waals surface area contributed by atoms with E-state index in [-0.39, 0.29) is 0 Å². The van der Waals surface area contributed by atoms with E-state index in [1.807, 2.05) is 31.3 Å². The lowest BCUT2D eigenvalue weighted by Gasteiger charge is -2.21. The van der Waals surface area contributed by atoms with Crippen LogP contribution in [-0.2, 0) is 6.42 Å². The van der Waals surface area contributed by atoms with Gasteiger partial charge in [-0.25, -0.2) is 0 Å². The maximum Gasteiger partial charge on any atom is 0.118 e. The van der Waals surface area contributed by atoms with E-state index in [0.29, 0.717) is 12.2 Å². The molecule has 0 aliphatic rings. The summed E-state index contributed by atoms with van der Waals surface area (Å²) in [5.74, 6) is 0.879. The summed E-state index contributed by atoms with van der Waals surface area (Å²) in [6.07, 6.45) is 1.48. The molecular weight excluding hydrogens is 448 g/mol. The fraction of sp³-hybridized carbons (Fsp3) is 0.368. The molecule has 2 aromatic rings. The molecule has 2 aromatic carbocycles. The zero-order chi connectivity index (χ0) is 18.4. The van der Waals surface area contributed by atoms with Crippen molar-refractivity contribution in [2.75, 3.05) is 33.0 Å². The van der Waals surface area contributed by atoms with Gasteiger partial charge in [0.15, 0.2) is 0 Å². The van der Waals surface area contributed by atoms with Gasteiger partial charge in [-0.05, 0) is 93.7 Å². The highest BCUT2D eigenvalue weighted by molar-refractivity contribution is 9.11. The summed E-state index contributed by atoms with van der Waals surface area (Å²) >= 11 is 6.84. The van der Waals surface area contributed by atoms with Crippen LogP contribution in [0.4, 0.5) is 5.69 Å². The van der Waals surface area contributed by atoms with Crippen molar-refractivity contribution in [3.63, 3.8) is 0 Å². The Bertz CT molecular complexity index is 669. The Hall–Kier alpha value is -1.08. The summed E-state index contributed by atoms with van der Waals surface area (Å²) < 4.78 is 6.75. The van der Waals surface area contributed by atoms with Gasteiger partial charge in [0.2, 0.25) is 0 Å². The van der Waals surface area contributed by atoms with Crippen molar-refractivity contribution in [1.29, 1.82) is 0 Å². The third-order valence-electron chi connectivity index (χ3n) is 4.14. The van der Waals surface area contributed by atoms with Gasteiger partial charge in [-0.2, -0.15) is 0 Å². The first kappa shape index (κ1) is 20.2. The van der Waals surface area contributed by atoms with Crippen molar-refractivity contribution in [3.05, 3.63) is 56.5 Å². The molecule has 2 rings (SSSR count). The number of nitrogens with zero attached hydrogens (tertiary/aromatic N) is 1. The van der Waals surface area contributed by atoms with Gasteiger partial charge >= 0.3 is 0 Å². The normalized spacial score (nSPS) is 12.4. The Morgan fingerprint density at radius 2 is 1.76 bits per heavy atom. The minimum Gasteiger partial charge on any atom is -0.497 e. The number of halogens is 2. The molecule has 0 aromatic heterocycles. The Labute approximate surface area is 166 Å². The zero-order valence-electron chi connectivity index (χ0n) is 14.5. The highest BCUT2D eigenvalue weighted by Crippen LogP contribution is 2.32. The fourth-order valence-corrected chi connectivity index (χ4v) is 3.86. The number of aliphatic hydroxyl groups excluding tert-OH is 1. The largest absolute Gasteiger partial charge is 0.497 e. The number of aliphatic hydroxyl groups is 1. The van der Waals surface area contributed by atoms with Gasteiger partial charge in [-0.1, -0.05) is 12.1 Å². The van der Waals surface area contributed by atoms with Gasteiger partial charge in [-0.3, -0.25) is 0 Å². The summed E-state index contributed by atoms with van der Waals surface area (Å²) in [4.78, 5) is 2.15. The molecule has 0 spiro atoms. The molecule has 0 saturated heterocycles. The van der Waals surface area contributed by atoms with Gasteiger partial charge in [0, 0.05) is 15.5 Å². The predicted molar refractivity (Wildman–Crippen MR) is 110 cm³/mol. The van der Waals surface area contributed by atoms with Crippen molar-refractivity contribution >= 4 is 37.5 Å². The molecule has 0 amide bonds. The molecular formula is C19H24Br2N2O2. The predicted octanol–water partition coefficient (Wildman–Crippen LogP) is 4.40. The van der Waals surface area contributed by atoms with E-state index in [1.54, 1.807) is 7.11 Å². The van der Waals surface area contributed by atoms with E-state index in [2.05, 4.69) is 48.9 Å². The number of hydrogen-bond donors (Lipinski definition) is 2. The number of likely N-dealkylation sites (N-methyl/N-ethyl adjacent to an activating group) is 1. The second-order valence-electron chi connectivity index (χ2n) is 6.13. The van der Waals surface area contributed by atoms with Gasteiger partial charge < -0.3 is 20.5 Å². The Balaban J connectivity index is 1.82. The summed E-state index contributed by atoms with van der Waals surface area (Å²) in [6, 6.07) is 11.9. The van der Waals surface area contributed by atoms with Crippen LogP contribution in [0.15, 0.2) is 45.3 Å². The first-order valence-electron chi connectivity index (χ1n) is 8.14. The number of benzene rings is 2. The minimum atomic E-state index is -0.556. The van der Waals surface area contributed by atoms with Gasteiger partial charge in [0.1, 0.15) is 5.75 Å². The van der Waals surface area contributed by atoms with Gasteiger partial charge in [-0.15, -0.1) is 0 Å². The van der Waals surface area contributed by atoms with Crippen LogP contribution in [0.3, 0.4) is 0 Å². The zero-order valence-corrected chi connectivity index (χ0v) is 17.7. The molecule has 4 nitrogen and oxygen atoms in total. The van der Waals surface area contributed by atoms with E-state index in [0.717, 1.165) is 39.6 Å². The lowest BCUT2D eigenvalue weighted by Crippen LogP contribution is -2.26. The van der Waals surface area contributed by atoms with Crippen LogP contribution < -0.4 is 10.5 Å². The number of anilines is 1. The molecule has 0 saturated carbocycles. The molecule has 0 aliphatic carbocycles. The first-order valence-corrected chi connectivity index (χ1v) is 9.73. The monoisotopic (exact) mass is 470 g/mol. The average molecular weight is 472 g/mol. The molecule has 1 unspecified atom stereocenters. The van der Waals surface area contributed by atoms with Crippen LogP contribution in [0, 0.1) is 0 Å². The van der Waals surface area contributed by atoms with E-state index in [4.69, 9.17) is 10.5 Å². The fourth-order valence-electron chi connectivity index (χ4n) is 2.63. The molecule has 25 heavy (non-hydrogen) atoms. The molecule has 0 radical (unpaired) electrons. The summed E-state index contributed by atoms with van der Waals surface area (Å²) in [5, 5.41) is 10.5. The van der Waals surface area contributed by atoms with Crippen molar-refractivity contribution in [1.82, 2.24) is 4.90 Å². The van der Waals surface area contributed by atoms with Crippen molar-refractivity contribution < 1.29 is 9.84 Å². The van der Waals surface area contributed by atoms with Crippen LogP contribution in [0.5, 0.6) is 5.75 Å². The number of ether oxygens (including phenoxy) is 1. The molecule has 6 heteroatoms. The van der Waals surface area contributed by atoms with Crippen LogP contribution in [-0.4, -0.2) is 37.3 Å². The maximum atomic E-state index is 10.5. The summed E-state index contributed by atoms with van der Waals surface area (Å²) in [7, 11) is 3.70. The van der Waals surface area contributed by atoms with Crippen LogP contribution in [0.1, 0.15) is 23.7 Å². The average Bonchev–Trinajstić information content (AvgIpc) is 2.59. The summed E-state index contributed by atoms with van der Waals surface area (Å²) in [6.45, 7) is 1.49. The number of rotatable bonds is 8. The van der Waals surface area contributed by atoms with Crippen molar-refractivity contribution in [2.24, 2.45) is 0 Å². The molecule has 0 heterocycles. The minimum absolute atomic E-state index is 0.556. The highest BCUT2D eigenvalue weighted by Gasteiger charge is 2.14. The molecule has 3 N–H and O–H groups in total. The number of nitrogen functional groups attached to an aromatic ring is 1. The van der Waals surface area contributed by atoms with E-state index in [1.165, 1.54) is 5.56 Å². The van der Waals surface area contributed by atoms with Gasteiger partial charge in [0.05, 0.1) is 18.9 Å². The summed E-state index contributed by atoms with van der Waals surface area (Å²) in [5.41, 5.74) is 8.68. The van der Waals surface area contributed by atoms with Gasteiger partial charge in [0.25, 0.3) is 0 Å². The second kappa shape index (κ2) is 9.57. The van der Waals surface area contributed by atoms with E-state index >= 15 is 0 Å². The van der Waals surface area contributed by atoms with Crippen molar-refractivity contribution in [2.45, 2.75) is 18.9 Å². The molecule has 0 aliphatic heterocycles. The molecule has 0 bridgehead atoms. The second-order valence-corrected chi connectivity index (χ2v) is 7.84. The van der Waals surface area contributed by atoms with E-state index in [9.17, 15) is 5.11 Å². The highest BCUT2D eigenvalue weighted by atomic mass is 79.9. The van der Waals surface area contributed by atoms with Crippen molar-refractivity contribution in [3.8, 4) is 5.75 Å². The molecule has 136 valence electrons. The number of aryl methyl sites for hydroxylation is 1. The Morgan fingerprint density at radius 3 is 2.32 bits per heavy atom. The molecule has 0 fully saturated rings. The third-order valence-corrected chi connectivity index (χ3v) is 5.45. The Kier molecular flexibility index (Phi) is 7.75. The SMILES string of the molecule is COc1ccc(CCCN(C)CC(O)c2cc(Br)c(N)c(Br)c2)cc1. The molecule has 1 atom stereocenters. The van der Waals surface area contributed by atoms with Crippen LogP contribution in [0.25, 0.3) is 0 Å². The lowest BCUT2D eigenvalue weighted by atomic mass is 10.1. The first-order chi connectivity index (χ1) is 11.9. The quantitative estimate of drug-likeness (QED) is 0.560. The maximum absolute atomic E-state index is 10.5. The lowest BCUT2D eigenvalue weighted by molar-refractivity contribution is 0.126. The smallest absolute Gasteiger partial charge is 0.118 e. The Morgan fingerprint density at radius 1 is 1.16 bits per heavy atom. The topological polar surface area (TPSA) is 58.7 Å². The number of nitrogens with two attached hydrogens (primary N) is 1. The number of hydrogen-bond acceptors (Lipinski definition) is 4. The standard InChI is InChI=1S/C19H24Br2N2O2/c1-23(9-3-4-13-5-7-15(25-2)8-6-13)12-18(24)14-10-16(20)19(22)17(21)11-14/h5-8,10-11,18,24H,3-4,9,12,22H2,1-2H3. The van der Waals surface area contributed by atoms with Crippen LogP contribution >= 0.6 is 31.9 Å². The number of methoxy groups -OCH3 is 1. The third kappa shape index (κ3) is 5.99.